The van der Waals surface area contributed by atoms with Crippen LogP contribution in [0.4, 0.5) is 11.4 Å². The lowest BCUT2D eigenvalue weighted by molar-refractivity contribution is -0.118. The van der Waals surface area contributed by atoms with E-state index in [9.17, 15) is 4.79 Å². The Morgan fingerprint density at radius 1 is 1.29 bits per heavy atom. The average Bonchev–Trinajstić information content (AvgIpc) is 2.28. The molecule has 2 N–H and O–H groups in total. The smallest absolute Gasteiger partial charge is 0.226 e. The zero-order valence-electron chi connectivity index (χ0n) is 10.8. The molecule has 17 heavy (non-hydrogen) atoms. The molecule has 0 aliphatic carbocycles. The van der Waals surface area contributed by atoms with Crippen LogP contribution >= 0.6 is 0 Å². The van der Waals surface area contributed by atoms with Crippen molar-refractivity contribution in [3.8, 4) is 0 Å². The van der Waals surface area contributed by atoms with Gasteiger partial charge in [-0.05, 0) is 32.3 Å². The van der Waals surface area contributed by atoms with E-state index in [1.54, 1.807) is 4.90 Å². The van der Waals surface area contributed by atoms with Gasteiger partial charge in [0.1, 0.15) is 0 Å². The summed E-state index contributed by atoms with van der Waals surface area (Å²) in [5.41, 5.74) is 7.30. The van der Waals surface area contributed by atoms with E-state index in [0.29, 0.717) is 18.7 Å². The SMILES string of the molecule is CCC(=O)N(CCN(C)C)c1cccc(N)c1. The minimum atomic E-state index is 0.123. The third kappa shape index (κ3) is 4.07. The van der Waals surface area contributed by atoms with E-state index in [-0.39, 0.29) is 5.91 Å². The van der Waals surface area contributed by atoms with Crippen LogP contribution in [0.5, 0.6) is 0 Å². The van der Waals surface area contributed by atoms with E-state index in [2.05, 4.69) is 4.90 Å². The summed E-state index contributed by atoms with van der Waals surface area (Å²) in [5, 5.41) is 0. The average molecular weight is 235 g/mol. The second-order valence-electron chi connectivity index (χ2n) is 4.30. The van der Waals surface area contributed by atoms with Gasteiger partial charge >= 0.3 is 0 Å². The number of amides is 1. The molecule has 1 amide bonds. The highest BCUT2D eigenvalue weighted by Gasteiger charge is 2.13. The highest BCUT2D eigenvalue weighted by atomic mass is 16.2. The summed E-state index contributed by atoms with van der Waals surface area (Å²) >= 11 is 0. The maximum Gasteiger partial charge on any atom is 0.226 e. The summed E-state index contributed by atoms with van der Waals surface area (Å²) in [6, 6.07) is 7.45. The summed E-state index contributed by atoms with van der Waals surface area (Å²) in [5.74, 6) is 0.123. The molecule has 1 aromatic carbocycles. The van der Waals surface area contributed by atoms with Crippen molar-refractivity contribution in [1.29, 1.82) is 0 Å². The summed E-state index contributed by atoms with van der Waals surface area (Å²) < 4.78 is 0. The first kappa shape index (κ1) is 13.5. The molecular formula is C13H21N3O. The zero-order chi connectivity index (χ0) is 12.8. The van der Waals surface area contributed by atoms with Gasteiger partial charge in [-0.3, -0.25) is 4.79 Å². The second kappa shape index (κ2) is 6.25. The minimum absolute atomic E-state index is 0.123. The fraction of sp³-hybridized carbons (Fsp3) is 0.462. The molecular weight excluding hydrogens is 214 g/mol. The van der Waals surface area contributed by atoms with Crippen LogP contribution in [-0.4, -0.2) is 38.0 Å². The standard InChI is InChI=1S/C13H21N3O/c1-4-13(17)16(9-8-15(2)3)12-7-5-6-11(14)10-12/h5-7,10H,4,8-9,14H2,1-3H3. The number of nitrogen functional groups attached to an aromatic ring is 1. The molecule has 1 rings (SSSR count). The predicted octanol–water partition coefficient (Wildman–Crippen LogP) is 1.57. The van der Waals surface area contributed by atoms with Crippen molar-refractivity contribution in [1.82, 2.24) is 4.90 Å². The lowest BCUT2D eigenvalue weighted by Gasteiger charge is -2.24. The van der Waals surface area contributed by atoms with Crippen LogP contribution in [0.3, 0.4) is 0 Å². The molecule has 0 fully saturated rings. The molecule has 4 heteroatoms. The van der Waals surface area contributed by atoms with Crippen LogP contribution in [-0.2, 0) is 4.79 Å². The fourth-order valence-electron chi connectivity index (χ4n) is 1.58. The van der Waals surface area contributed by atoms with Gasteiger partial charge in [-0.2, -0.15) is 0 Å². The van der Waals surface area contributed by atoms with Crippen LogP contribution in [0.1, 0.15) is 13.3 Å². The molecule has 0 saturated heterocycles. The van der Waals surface area contributed by atoms with Crippen LogP contribution in [0.15, 0.2) is 24.3 Å². The molecule has 0 bridgehead atoms. The summed E-state index contributed by atoms with van der Waals surface area (Å²) in [6.07, 6.45) is 0.502. The van der Waals surface area contributed by atoms with Crippen molar-refractivity contribution in [3.05, 3.63) is 24.3 Å². The van der Waals surface area contributed by atoms with Crippen LogP contribution in [0, 0.1) is 0 Å². The normalized spacial score (nSPS) is 10.6. The third-order valence-corrected chi connectivity index (χ3v) is 2.56. The Morgan fingerprint density at radius 2 is 2.00 bits per heavy atom. The third-order valence-electron chi connectivity index (χ3n) is 2.56. The Bertz CT molecular complexity index is 377. The summed E-state index contributed by atoms with van der Waals surface area (Å²) in [6.45, 7) is 3.39. The number of anilines is 2. The van der Waals surface area contributed by atoms with E-state index in [0.717, 1.165) is 12.2 Å². The Morgan fingerprint density at radius 3 is 2.53 bits per heavy atom. The Kier molecular flexibility index (Phi) is 4.97. The number of rotatable bonds is 5. The van der Waals surface area contributed by atoms with Crippen molar-refractivity contribution >= 4 is 17.3 Å². The maximum atomic E-state index is 11.9. The highest BCUT2D eigenvalue weighted by Crippen LogP contribution is 2.18. The predicted molar refractivity (Wildman–Crippen MR) is 72.1 cm³/mol. The number of benzene rings is 1. The molecule has 4 nitrogen and oxygen atoms in total. The molecule has 0 aliphatic heterocycles. The quantitative estimate of drug-likeness (QED) is 0.788. The van der Waals surface area contributed by atoms with Gasteiger partial charge in [-0.25, -0.2) is 0 Å². The van der Waals surface area contributed by atoms with E-state index in [1.807, 2.05) is 45.3 Å². The van der Waals surface area contributed by atoms with Gasteiger partial charge in [0.25, 0.3) is 0 Å². The first-order valence-corrected chi connectivity index (χ1v) is 5.85. The Labute approximate surface area is 103 Å². The van der Waals surface area contributed by atoms with E-state index >= 15 is 0 Å². The number of carbonyl (C=O) groups excluding carboxylic acids is 1. The molecule has 0 radical (unpaired) electrons. The lowest BCUT2D eigenvalue weighted by atomic mass is 10.2. The van der Waals surface area contributed by atoms with Crippen LogP contribution in [0.25, 0.3) is 0 Å². The molecule has 94 valence electrons. The van der Waals surface area contributed by atoms with Crippen molar-refractivity contribution < 1.29 is 4.79 Å². The molecule has 0 atom stereocenters. The van der Waals surface area contributed by atoms with Crippen LogP contribution in [0.2, 0.25) is 0 Å². The van der Waals surface area contributed by atoms with Crippen molar-refractivity contribution in [3.63, 3.8) is 0 Å². The molecule has 0 saturated carbocycles. The zero-order valence-corrected chi connectivity index (χ0v) is 10.8. The number of hydrogen-bond donors (Lipinski definition) is 1. The minimum Gasteiger partial charge on any atom is -0.399 e. The molecule has 0 spiro atoms. The first-order chi connectivity index (χ1) is 8.04. The lowest BCUT2D eigenvalue weighted by Crippen LogP contribution is -2.36. The van der Waals surface area contributed by atoms with E-state index in [4.69, 9.17) is 5.73 Å². The van der Waals surface area contributed by atoms with Gasteiger partial charge in [0.05, 0.1) is 0 Å². The topological polar surface area (TPSA) is 49.6 Å². The van der Waals surface area contributed by atoms with Crippen molar-refractivity contribution in [2.75, 3.05) is 37.8 Å². The summed E-state index contributed by atoms with van der Waals surface area (Å²) in [7, 11) is 3.99. The van der Waals surface area contributed by atoms with Crippen molar-refractivity contribution in [2.24, 2.45) is 0 Å². The first-order valence-electron chi connectivity index (χ1n) is 5.85. The number of hydrogen-bond acceptors (Lipinski definition) is 3. The van der Waals surface area contributed by atoms with Gasteiger partial charge in [-0.15, -0.1) is 0 Å². The molecule has 0 unspecified atom stereocenters. The Hall–Kier alpha value is -1.55. The molecule has 0 heterocycles. The molecule has 0 aromatic heterocycles. The van der Waals surface area contributed by atoms with Crippen LogP contribution < -0.4 is 10.6 Å². The van der Waals surface area contributed by atoms with Crippen molar-refractivity contribution in [2.45, 2.75) is 13.3 Å². The van der Waals surface area contributed by atoms with Gasteiger partial charge < -0.3 is 15.5 Å². The number of carbonyl (C=O) groups is 1. The van der Waals surface area contributed by atoms with E-state index in [1.165, 1.54) is 0 Å². The van der Waals surface area contributed by atoms with Gasteiger partial charge in [0.15, 0.2) is 0 Å². The largest absolute Gasteiger partial charge is 0.399 e. The molecule has 0 aliphatic rings. The summed E-state index contributed by atoms with van der Waals surface area (Å²) in [4.78, 5) is 15.7. The number of nitrogens with two attached hydrogens (primary N) is 1. The van der Waals surface area contributed by atoms with Gasteiger partial charge in [0.2, 0.25) is 5.91 Å². The van der Waals surface area contributed by atoms with E-state index < -0.39 is 0 Å². The number of nitrogens with zero attached hydrogens (tertiary/aromatic N) is 2. The Balaban J connectivity index is 2.86. The fourth-order valence-corrected chi connectivity index (χ4v) is 1.58. The van der Waals surface area contributed by atoms with Gasteiger partial charge in [0, 0.05) is 30.9 Å². The monoisotopic (exact) mass is 235 g/mol. The molecule has 1 aromatic rings. The second-order valence-corrected chi connectivity index (χ2v) is 4.30. The van der Waals surface area contributed by atoms with Gasteiger partial charge in [-0.1, -0.05) is 13.0 Å². The highest BCUT2D eigenvalue weighted by molar-refractivity contribution is 5.93. The maximum absolute atomic E-state index is 11.9. The number of likely N-dealkylation sites (N-methyl/N-ethyl adjacent to an activating group) is 1.